The van der Waals surface area contributed by atoms with E-state index in [0.717, 1.165) is 29.7 Å². The van der Waals surface area contributed by atoms with E-state index in [9.17, 15) is 4.79 Å². The van der Waals surface area contributed by atoms with Crippen molar-refractivity contribution in [3.8, 4) is 0 Å². The lowest BCUT2D eigenvalue weighted by Gasteiger charge is -2.24. The minimum Gasteiger partial charge on any atom is -0.457 e. The van der Waals surface area contributed by atoms with Crippen molar-refractivity contribution in [2.75, 3.05) is 20.6 Å². The van der Waals surface area contributed by atoms with Crippen LogP contribution in [0.5, 0.6) is 0 Å². The lowest BCUT2D eigenvalue weighted by molar-refractivity contribution is -0.150. The largest absolute Gasteiger partial charge is 0.457 e. The molecule has 3 rings (SSSR count). The van der Waals surface area contributed by atoms with Crippen molar-refractivity contribution in [1.82, 2.24) is 4.90 Å². The summed E-state index contributed by atoms with van der Waals surface area (Å²) in [6.07, 6.45) is 0.477. The SMILES string of the molecule is CN(C)CCC(OC(=O)C(c1ccccc1)c1ccccc1)c1ccccc1.Cl. The average Bonchev–Trinajstić information content (AvgIpc) is 2.73. The fourth-order valence-corrected chi connectivity index (χ4v) is 3.30. The number of carbonyl (C=O) groups excluding carboxylic acids is 1. The summed E-state index contributed by atoms with van der Waals surface area (Å²) < 4.78 is 6.09. The van der Waals surface area contributed by atoms with Gasteiger partial charge in [-0.1, -0.05) is 91.0 Å². The Bertz CT molecular complexity index is 814. The van der Waals surface area contributed by atoms with Gasteiger partial charge in [-0.15, -0.1) is 12.4 Å². The van der Waals surface area contributed by atoms with E-state index >= 15 is 0 Å². The van der Waals surface area contributed by atoms with Crippen molar-refractivity contribution in [3.63, 3.8) is 0 Å². The molecule has 1 atom stereocenters. The number of rotatable bonds is 8. The highest BCUT2D eigenvalue weighted by Gasteiger charge is 2.27. The lowest BCUT2D eigenvalue weighted by atomic mass is 9.91. The van der Waals surface area contributed by atoms with Gasteiger partial charge in [0.15, 0.2) is 0 Å². The Morgan fingerprint density at radius 1 is 0.759 bits per heavy atom. The van der Waals surface area contributed by atoms with E-state index in [1.165, 1.54) is 0 Å². The molecule has 3 aromatic carbocycles. The summed E-state index contributed by atoms with van der Waals surface area (Å²) in [5.41, 5.74) is 2.91. The Morgan fingerprint density at radius 3 is 1.59 bits per heavy atom. The third kappa shape index (κ3) is 6.45. The molecular weight excluding hydrogens is 382 g/mol. The highest BCUT2D eigenvalue weighted by Crippen LogP contribution is 2.30. The standard InChI is InChI=1S/C25H27NO2.ClH/c1-26(2)19-18-23(20-12-6-3-7-13-20)28-25(27)24(21-14-8-4-9-15-21)22-16-10-5-11-17-22;/h3-17,23-24H,18-19H2,1-2H3;1H. The monoisotopic (exact) mass is 409 g/mol. The molecule has 4 heteroatoms. The van der Waals surface area contributed by atoms with Crippen molar-refractivity contribution in [3.05, 3.63) is 108 Å². The van der Waals surface area contributed by atoms with Gasteiger partial charge in [-0.05, 0) is 30.8 Å². The van der Waals surface area contributed by atoms with Crippen LogP contribution in [0.4, 0.5) is 0 Å². The number of ether oxygens (including phenoxy) is 1. The third-order valence-electron chi connectivity index (χ3n) is 4.77. The molecule has 0 spiro atoms. The fraction of sp³-hybridized carbons (Fsp3) is 0.240. The van der Waals surface area contributed by atoms with Crippen LogP contribution in [-0.4, -0.2) is 31.5 Å². The summed E-state index contributed by atoms with van der Waals surface area (Å²) >= 11 is 0. The summed E-state index contributed by atoms with van der Waals surface area (Å²) in [6.45, 7) is 0.841. The van der Waals surface area contributed by atoms with Gasteiger partial charge < -0.3 is 9.64 Å². The molecule has 0 aliphatic rings. The molecule has 29 heavy (non-hydrogen) atoms. The van der Waals surface area contributed by atoms with Crippen LogP contribution in [0.2, 0.25) is 0 Å². The first kappa shape index (κ1) is 22.7. The van der Waals surface area contributed by atoms with Crippen LogP contribution >= 0.6 is 12.4 Å². The third-order valence-corrected chi connectivity index (χ3v) is 4.77. The summed E-state index contributed by atoms with van der Waals surface area (Å²) in [4.78, 5) is 15.4. The second kappa shape index (κ2) is 11.4. The molecule has 0 saturated carbocycles. The minimum atomic E-state index is -0.437. The number of halogens is 1. The average molecular weight is 410 g/mol. The maximum absolute atomic E-state index is 13.3. The maximum Gasteiger partial charge on any atom is 0.318 e. The molecule has 0 saturated heterocycles. The van der Waals surface area contributed by atoms with Gasteiger partial charge >= 0.3 is 5.97 Å². The summed E-state index contributed by atoms with van der Waals surface area (Å²) in [7, 11) is 4.06. The molecule has 0 aromatic heterocycles. The van der Waals surface area contributed by atoms with E-state index < -0.39 is 5.92 Å². The lowest BCUT2D eigenvalue weighted by Crippen LogP contribution is -2.23. The van der Waals surface area contributed by atoms with Gasteiger partial charge in [0.1, 0.15) is 12.0 Å². The molecule has 0 amide bonds. The van der Waals surface area contributed by atoms with Crippen molar-refractivity contribution in [1.29, 1.82) is 0 Å². The fourth-order valence-electron chi connectivity index (χ4n) is 3.30. The first-order valence-corrected chi connectivity index (χ1v) is 9.65. The van der Waals surface area contributed by atoms with Crippen molar-refractivity contribution >= 4 is 18.4 Å². The predicted molar refractivity (Wildman–Crippen MR) is 120 cm³/mol. The molecule has 0 bridgehead atoms. The first-order chi connectivity index (χ1) is 13.6. The van der Waals surface area contributed by atoms with Crippen LogP contribution in [0, 0.1) is 0 Å². The molecule has 1 unspecified atom stereocenters. The van der Waals surface area contributed by atoms with Gasteiger partial charge in [-0.25, -0.2) is 0 Å². The Labute approximate surface area is 179 Å². The first-order valence-electron chi connectivity index (χ1n) is 9.65. The Balaban J connectivity index is 0.00000300. The van der Waals surface area contributed by atoms with Crippen LogP contribution in [0.15, 0.2) is 91.0 Å². The van der Waals surface area contributed by atoms with E-state index in [-0.39, 0.29) is 24.5 Å². The predicted octanol–water partition coefficient (Wildman–Crippen LogP) is 5.48. The quantitative estimate of drug-likeness (QED) is 0.461. The van der Waals surface area contributed by atoms with Crippen LogP contribution in [0.3, 0.4) is 0 Å². The molecule has 3 aromatic rings. The molecule has 0 aliphatic carbocycles. The number of hydrogen-bond acceptors (Lipinski definition) is 3. The van der Waals surface area contributed by atoms with Crippen molar-refractivity contribution in [2.45, 2.75) is 18.4 Å². The van der Waals surface area contributed by atoms with E-state index in [1.807, 2.05) is 105 Å². The summed E-state index contributed by atoms with van der Waals surface area (Å²) in [5.74, 6) is -0.655. The van der Waals surface area contributed by atoms with Gasteiger partial charge in [-0.3, -0.25) is 4.79 Å². The van der Waals surface area contributed by atoms with E-state index in [2.05, 4.69) is 4.90 Å². The number of benzene rings is 3. The molecule has 0 aliphatic heterocycles. The van der Waals surface area contributed by atoms with Gasteiger partial charge in [0.2, 0.25) is 0 Å². The molecule has 3 nitrogen and oxygen atoms in total. The smallest absolute Gasteiger partial charge is 0.318 e. The Kier molecular flexibility index (Phi) is 8.91. The number of carbonyl (C=O) groups is 1. The summed E-state index contributed by atoms with van der Waals surface area (Å²) in [5, 5.41) is 0. The maximum atomic E-state index is 13.3. The van der Waals surface area contributed by atoms with E-state index in [4.69, 9.17) is 4.74 Å². The molecular formula is C25H28ClNO2. The molecule has 0 fully saturated rings. The van der Waals surface area contributed by atoms with Crippen LogP contribution in [-0.2, 0) is 9.53 Å². The normalized spacial score (nSPS) is 11.7. The number of nitrogens with zero attached hydrogens (tertiary/aromatic N) is 1. The molecule has 152 valence electrons. The van der Waals surface area contributed by atoms with Crippen molar-refractivity contribution < 1.29 is 9.53 Å². The highest BCUT2D eigenvalue weighted by atomic mass is 35.5. The van der Waals surface area contributed by atoms with Gasteiger partial charge in [0.25, 0.3) is 0 Å². The molecule has 0 N–H and O–H groups in total. The van der Waals surface area contributed by atoms with Crippen LogP contribution in [0.25, 0.3) is 0 Å². The zero-order chi connectivity index (χ0) is 19.8. The topological polar surface area (TPSA) is 29.5 Å². The van der Waals surface area contributed by atoms with Crippen molar-refractivity contribution in [2.24, 2.45) is 0 Å². The van der Waals surface area contributed by atoms with E-state index in [0.29, 0.717) is 0 Å². The number of esters is 1. The number of hydrogen-bond donors (Lipinski definition) is 0. The minimum absolute atomic E-state index is 0. The van der Waals surface area contributed by atoms with Crippen LogP contribution in [0.1, 0.15) is 35.1 Å². The summed E-state index contributed by atoms with van der Waals surface area (Å²) in [6, 6.07) is 29.7. The van der Waals surface area contributed by atoms with Gasteiger partial charge in [-0.2, -0.15) is 0 Å². The molecule has 0 heterocycles. The van der Waals surface area contributed by atoms with E-state index in [1.54, 1.807) is 0 Å². The van der Waals surface area contributed by atoms with Crippen LogP contribution < -0.4 is 0 Å². The highest BCUT2D eigenvalue weighted by molar-refractivity contribution is 5.85. The van der Waals surface area contributed by atoms with Gasteiger partial charge in [0, 0.05) is 13.0 Å². The zero-order valence-electron chi connectivity index (χ0n) is 16.9. The second-order valence-electron chi connectivity index (χ2n) is 7.18. The zero-order valence-corrected chi connectivity index (χ0v) is 17.7. The second-order valence-corrected chi connectivity index (χ2v) is 7.18. The molecule has 0 radical (unpaired) electrons. The Morgan fingerprint density at radius 2 is 1.17 bits per heavy atom. The van der Waals surface area contributed by atoms with Gasteiger partial charge in [0.05, 0.1) is 0 Å². The Hall–Kier alpha value is -2.62.